The molecule has 0 amide bonds. The molecular weight excluding hydrogens is 1310 g/mol. The van der Waals surface area contributed by atoms with Crippen LogP contribution in [0, 0.1) is 11.8 Å². The molecule has 100 heavy (non-hydrogen) atoms. The van der Waals surface area contributed by atoms with Crippen molar-refractivity contribution in [3.8, 4) is 0 Å². The number of carbonyl (C=O) groups excluding carboxylic acids is 4. The molecule has 0 heterocycles. The summed E-state index contributed by atoms with van der Waals surface area (Å²) < 4.78 is 68.7. The highest BCUT2D eigenvalue weighted by atomic mass is 31.2. The van der Waals surface area contributed by atoms with Crippen molar-refractivity contribution in [2.45, 2.75) is 445 Å². The predicted molar refractivity (Wildman–Crippen MR) is 409 cm³/mol. The number of phosphoric ester groups is 2. The third-order valence-electron chi connectivity index (χ3n) is 19.3. The summed E-state index contributed by atoms with van der Waals surface area (Å²) in [5.41, 5.74) is 0. The predicted octanol–water partition coefficient (Wildman–Crippen LogP) is 24.3. The molecule has 0 aliphatic heterocycles. The fourth-order valence-corrected chi connectivity index (χ4v) is 14.1. The first-order valence-corrected chi connectivity index (χ1v) is 45.0. The van der Waals surface area contributed by atoms with Gasteiger partial charge in [0.15, 0.2) is 12.2 Å². The Morgan fingerprint density at radius 3 is 0.760 bits per heavy atom. The summed E-state index contributed by atoms with van der Waals surface area (Å²) in [6.07, 6.45) is 62.3. The summed E-state index contributed by atoms with van der Waals surface area (Å²) in [5.74, 6) is -0.530. The van der Waals surface area contributed by atoms with Gasteiger partial charge in [-0.25, -0.2) is 9.13 Å². The summed E-state index contributed by atoms with van der Waals surface area (Å²) in [4.78, 5) is 73.1. The van der Waals surface area contributed by atoms with E-state index in [0.717, 1.165) is 102 Å². The number of esters is 4. The second-order valence-electron chi connectivity index (χ2n) is 29.9. The minimum absolute atomic E-state index is 0.107. The fraction of sp³-hybridized carbons (Fsp3) is 0.951. The highest BCUT2D eigenvalue weighted by molar-refractivity contribution is 7.47. The summed E-state index contributed by atoms with van der Waals surface area (Å²) >= 11 is 0. The summed E-state index contributed by atoms with van der Waals surface area (Å²) in [6.45, 7) is 9.67. The molecule has 0 rings (SSSR count). The summed E-state index contributed by atoms with van der Waals surface area (Å²) in [6, 6.07) is 0. The number of hydrogen-bond acceptors (Lipinski definition) is 15. The quantitative estimate of drug-likeness (QED) is 0.0222. The minimum Gasteiger partial charge on any atom is -0.462 e. The van der Waals surface area contributed by atoms with Gasteiger partial charge in [0.1, 0.15) is 19.3 Å². The van der Waals surface area contributed by atoms with E-state index in [-0.39, 0.29) is 25.7 Å². The van der Waals surface area contributed by atoms with Crippen LogP contribution in [0.4, 0.5) is 0 Å². The van der Waals surface area contributed by atoms with Crippen LogP contribution < -0.4 is 0 Å². The Morgan fingerprint density at radius 2 is 0.510 bits per heavy atom. The number of aliphatic hydroxyl groups is 1. The number of unbranched alkanes of at least 4 members (excludes halogenated alkanes) is 49. The van der Waals surface area contributed by atoms with Crippen molar-refractivity contribution in [1.29, 1.82) is 0 Å². The Hall–Kier alpha value is -1.94. The lowest BCUT2D eigenvalue weighted by Gasteiger charge is -2.21. The van der Waals surface area contributed by atoms with Crippen LogP contribution in [0.3, 0.4) is 0 Å². The van der Waals surface area contributed by atoms with Gasteiger partial charge in [0.05, 0.1) is 26.4 Å². The van der Waals surface area contributed by atoms with Gasteiger partial charge in [0, 0.05) is 25.7 Å². The lowest BCUT2D eigenvalue weighted by Crippen LogP contribution is -2.30. The first-order chi connectivity index (χ1) is 48.4. The van der Waals surface area contributed by atoms with E-state index in [1.54, 1.807) is 0 Å². The maximum absolute atomic E-state index is 13.1. The summed E-state index contributed by atoms with van der Waals surface area (Å²) in [5, 5.41) is 10.6. The molecule has 0 aliphatic rings. The highest BCUT2D eigenvalue weighted by Crippen LogP contribution is 2.45. The van der Waals surface area contributed by atoms with E-state index in [2.05, 4.69) is 41.5 Å². The number of phosphoric acid groups is 2. The van der Waals surface area contributed by atoms with Crippen molar-refractivity contribution in [3.05, 3.63) is 0 Å². The number of hydrogen-bond donors (Lipinski definition) is 3. The highest BCUT2D eigenvalue weighted by Gasteiger charge is 2.30. The largest absolute Gasteiger partial charge is 0.472 e. The van der Waals surface area contributed by atoms with E-state index < -0.39 is 97.5 Å². The minimum atomic E-state index is -4.96. The van der Waals surface area contributed by atoms with Gasteiger partial charge in [-0.3, -0.25) is 37.3 Å². The van der Waals surface area contributed by atoms with Gasteiger partial charge in [0.25, 0.3) is 0 Å². The monoisotopic (exact) mass is 1470 g/mol. The second kappa shape index (κ2) is 72.6. The molecule has 0 radical (unpaired) electrons. The zero-order valence-corrected chi connectivity index (χ0v) is 67.3. The zero-order valence-electron chi connectivity index (χ0n) is 65.5. The molecule has 0 spiro atoms. The average Bonchev–Trinajstić information content (AvgIpc) is 3.93. The molecule has 19 heteroatoms. The molecule has 0 bridgehead atoms. The standard InChI is InChI=1S/C81H158O17P2/c1-7-10-12-14-16-18-20-22-23-24-25-26-32-36-40-48-54-60-66-81(86)97-76(69-91-78(83)63-57-51-45-38-34-31-28-27-30-33-37-43-49-55-61-73(4)5)71-95-99(87,88)93-67-75(82)68-94-100(89,90)96-72-77(70-92-79(84)64-58-52-46-42-41-44-50-56-62-74(6)9-3)98-80(85)65-59-53-47-39-35-29-21-19-17-15-13-11-8-2/h73-77,82H,7-72H2,1-6H3,(H,87,88)(H,89,90)/t74?,75-,76-,77-/m1/s1. The van der Waals surface area contributed by atoms with Gasteiger partial charge >= 0.3 is 39.5 Å². The van der Waals surface area contributed by atoms with Gasteiger partial charge in [-0.15, -0.1) is 0 Å². The Labute approximate surface area is 613 Å². The van der Waals surface area contributed by atoms with E-state index in [1.165, 1.54) is 244 Å². The molecule has 3 unspecified atom stereocenters. The van der Waals surface area contributed by atoms with E-state index in [4.69, 9.17) is 37.0 Å². The van der Waals surface area contributed by atoms with Crippen LogP contribution in [0.15, 0.2) is 0 Å². The lowest BCUT2D eigenvalue weighted by atomic mass is 9.99. The Morgan fingerprint density at radius 1 is 0.290 bits per heavy atom. The molecule has 0 saturated carbocycles. The molecule has 0 aromatic carbocycles. The Balaban J connectivity index is 5.26. The van der Waals surface area contributed by atoms with Crippen molar-refractivity contribution >= 4 is 39.5 Å². The molecule has 0 aromatic heterocycles. The fourth-order valence-electron chi connectivity index (χ4n) is 12.5. The molecular formula is C81H158O17P2. The molecule has 6 atom stereocenters. The molecule has 0 aromatic rings. The maximum Gasteiger partial charge on any atom is 0.472 e. The van der Waals surface area contributed by atoms with Crippen LogP contribution in [-0.4, -0.2) is 96.7 Å². The van der Waals surface area contributed by atoms with Crippen LogP contribution in [-0.2, 0) is 65.4 Å². The van der Waals surface area contributed by atoms with E-state index >= 15 is 0 Å². The number of ether oxygens (including phenoxy) is 4. The van der Waals surface area contributed by atoms with Gasteiger partial charge in [-0.1, -0.05) is 375 Å². The molecule has 17 nitrogen and oxygen atoms in total. The first kappa shape index (κ1) is 98.1. The Bertz CT molecular complexity index is 1930. The third kappa shape index (κ3) is 73.0. The maximum atomic E-state index is 13.1. The normalized spacial score (nSPS) is 14.2. The zero-order chi connectivity index (χ0) is 73.5. The number of carbonyl (C=O) groups is 4. The van der Waals surface area contributed by atoms with E-state index in [9.17, 15) is 43.2 Å². The Kier molecular flexibility index (Phi) is 71.2. The summed E-state index contributed by atoms with van der Waals surface area (Å²) in [7, 11) is -9.92. The van der Waals surface area contributed by atoms with Crippen molar-refractivity contribution < 1.29 is 80.2 Å². The van der Waals surface area contributed by atoms with Crippen LogP contribution >= 0.6 is 15.6 Å². The number of rotatable bonds is 80. The van der Waals surface area contributed by atoms with Gasteiger partial charge in [-0.2, -0.15) is 0 Å². The van der Waals surface area contributed by atoms with Gasteiger partial charge in [0.2, 0.25) is 0 Å². The smallest absolute Gasteiger partial charge is 0.462 e. The van der Waals surface area contributed by atoms with Gasteiger partial charge < -0.3 is 33.8 Å². The van der Waals surface area contributed by atoms with Crippen molar-refractivity contribution in [2.24, 2.45) is 11.8 Å². The molecule has 0 fully saturated rings. The average molecular weight is 1470 g/mol. The topological polar surface area (TPSA) is 237 Å². The van der Waals surface area contributed by atoms with Crippen LogP contribution in [0.2, 0.25) is 0 Å². The molecule has 0 saturated heterocycles. The molecule has 594 valence electrons. The van der Waals surface area contributed by atoms with Crippen LogP contribution in [0.1, 0.15) is 427 Å². The lowest BCUT2D eigenvalue weighted by molar-refractivity contribution is -0.161. The molecule has 0 aliphatic carbocycles. The van der Waals surface area contributed by atoms with E-state index in [1.807, 2.05) is 0 Å². The van der Waals surface area contributed by atoms with Crippen LogP contribution in [0.5, 0.6) is 0 Å². The number of aliphatic hydroxyl groups excluding tert-OH is 1. The molecule has 3 N–H and O–H groups in total. The van der Waals surface area contributed by atoms with Crippen molar-refractivity contribution in [3.63, 3.8) is 0 Å². The second-order valence-corrected chi connectivity index (χ2v) is 32.8. The third-order valence-corrected chi connectivity index (χ3v) is 21.2. The van der Waals surface area contributed by atoms with Crippen molar-refractivity contribution in [1.82, 2.24) is 0 Å². The SMILES string of the molecule is CCCCCCCCCCCCCCCCCCCCC(=O)O[C@H](COC(=O)CCCCCCCCCCCCCCCCC(C)C)COP(=O)(O)OC[C@@H](O)COP(=O)(O)OC[C@@H](COC(=O)CCCCCCCCCCC(C)CC)OC(=O)CCCCCCCCCCCCCCC. The first-order valence-electron chi connectivity index (χ1n) is 42.0. The van der Waals surface area contributed by atoms with E-state index in [0.29, 0.717) is 25.7 Å². The van der Waals surface area contributed by atoms with Gasteiger partial charge in [-0.05, 0) is 37.5 Å². The van der Waals surface area contributed by atoms with Crippen LogP contribution in [0.25, 0.3) is 0 Å². The van der Waals surface area contributed by atoms with Crippen molar-refractivity contribution in [2.75, 3.05) is 39.6 Å².